The molecule has 0 atom stereocenters. The van der Waals surface area contributed by atoms with E-state index in [1.807, 2.05) is 48.9 Å². The van der Waals surface area contributed by atoms with Gasteiger partial charge in [-0.1, -0.05) is 41.4 Å². The predicted octanol–water partition coefficient (Wildman–Crippen LogP) is 6.02. The summed E-state index contributed by atoms with van der Waals surface area (Å²) < 4.78 is 7.59. The van der Waals surface area contributed by atoms with Gasteiger partial charge in [-0.25, -0.2) is 9.67 Å². The predicted molar refractivity (Wildman–Crippen MR) is 122 cm³/mol. The normalized spacial score (nSPS) is 11.0. The third kappa shape index (κ3) is 4.65. The molecule has 0 spiro atoms. The minimum Gasteiger partial charge on any atom is -0.441 e. The molecule has 31 heavy (non-hydrogen) atoms. The van der Waals surface area contributed by atoms with Crippen LogP contribution in [0, 0.1) is 13.8 Å². The number of halogens is 2. The number of nitrogens with one attached hydrogen (secondary N) is 1. The van der Waals surface area contributed by atoms with Crippen molar-refractivity contribution in [1.29, 1.82) is 0 Å². The molecule has 0 unspecified atom stereocenters. The molecule has 2 aromatic heterocycles. The molecule has 8 heteroatoms. The van der Waals surface area contributed by atoms with Crippen LogP contribution in [-0.4, -0.2) is 20.7 Å². The topological polar surface area (TPSA) is 73.0 Å². The monoisotopic (exact) mass is 454 g/mol. The molecule has 6 nitrogen and oxygen atoms in total. The van der Waals surface area contributed by atoms with E-state index < -0.39 is 0 Å². The molecule has 0 aliphatic heterocycles. The second-order valence-electron chi connectivity index (χ2n) is 7.08. The third-order valence-corrected chi connectivity index (χ3v) is 5.42. The van der Waals surface area contributed by atoms with Crippen molar-refractivity contribution >= 4 is 34.8 Å². The lowest BCUT2D eigenvalue weighted by atomic mass is 10.2. The van der Waals surface area contributed by atoms with Crippen LogP contribution in [0.1, 0.15) is 23.7 Å². The second kappa shape index (κ2) is 8.96. The van der Waals surface area contributed by atoms with Crippen molar-refractivity contribution in [1.82, 2.24) is 14.8 Å². The molecule has 0 radical (unpaired) electrons. The molecule has 0 bridgehead atoms. The lowest BCUT2D eigenvalue weighted by molar-refractivity contribution is -0.116. The van der Waals surface area contributed by atoms with Crippen LogP contribution in [-0.2, 0) is 11.2 Å². The zero-order chi connectivity index (χ0) is 22.0. The van der Waals surface area contributed by atoms with Crippen LogP contribution in [0.5, 0.6) is 0 Å². The zero-order valence-electron chi connectivity index (χ0n) is 17.0. The van der Waals surface area contributed by atoms with E-state index in [9.17, 15) is 4.79 Å². The Labute approximate surface area is 189 Å². The van der Waals surface area contributed by atoms with Crippen molar-refractivity contribution in [3.8, 4) is 17.0 Å². The largest absolute Gasteiger partial charge is 0.441 e. The van der Waals surface area contributed by atoms with Crippen molar-refractivity contribution in [2.45, 2.75) is 26.7 Å². The van der Waals surface area contributed by atoms with Crippen LogP contribution < -0.4 is 5.32 Å². The first-order valence-corrected chi connectivity index (χ1v) is 10.5. The van der Waals surface area contributed by atoms with E-state index in [1.54, 1.807) is 24.4 Å². The number of hydrogen-bond acceptors (Lipinski definition) is 4. The summed E-state index contributed by atoms with van der Waals surface area (Å²) in [6, 6.07) is 14.9. The van der Waals surface area contributed by atoms with Crippen LogP contribution in [0.2, 0.25) is 10.0 Å². The van der Waals surface area contributed by atoms with Gasteiger partial charge in [0.1, 0.15) is 0 Å². The summed E-state index contributed by atoms with van der Waals surface area (Å²) >= 11 is 12.2. The molecular formula is C23H20Cl2N4O2. The van der Waals surface area contributed by atoms with Crippen molar-refractivity contribution in [2.75, 3.05) is 5.32 Å². The number of carbonyl (C=O) groups excluding carboxylic acids is 1. The standard InChI is InChI=1S/C23H20Cl2N4O2/c1-14-23(15(2)29(28-14)17-6-4-3-5-7-17)27-21(30)10-11-22-26-13-20(31-22)18-9-8-16(24)12-19(18)25/h3-9,12-13H,10-11H2,1-2H3,(H,27,30). The highest BCUT2D eigenvalue weighted by atomic mass is 35.5. The van der Waals surface area contributed by atoms with Crippen LogP contribution in [0.3, 0.4) is 0 Å². The number of amides is 1. The quantitative estimate of drug-likeness (QED) is 0.386. The average molecular weight is 455 g/mol. The Hall–Kier alpha value is -3.09. The van der Waals surface area contributed by atoms with Crippen LogP contribution in [0.25, 0.3) is 17.0 Å². The molecule has 1 amide bonds. The second-order valence-corrected chi connectivity index (χ2v) is 7.93. The highest BCUT2D eigenvalue weighted by Crippen LogP contribution is 2.31. The molecule has 158 valence electrons. The minimum absolute atomic E-state index is 0.136. The van der Waals surface area contributed by atoms with Crippen LogP contribution in [0.15, 0.2) is 59.1 Å². The van der Waals surface area contributed by atoms with Crippen molar-refractivity contribution in [2.24, 2.45) is 0 Å². The first kappa shape index (κ1) is 21.2. The van der Waals surface area contributed by atoms with Gasteiger partial charge in [0.15, 0.2) is 11.7 Å². The number of para-hydroxylation sites is 1. The maximum absolute atomic E-state index is 12.6. The highest BCUT2D eigenvalue weighted by molar-refractivity contribution is 6.36. The van der Waals surface area contributed by atoms with E-state index in [0.29, 0.717) is 33.7 Å². The van der Waals surface area contributed by atoms with Gasteiger partial charge in [0.2, 0.25) is 5.91 Å². The van der Waals surface area contributed by atoms with E-state index in [4.69, 9.17) is 27.6 Å². The number of aryl methyl sites for hydroxylation is 2. The number of hydrogen-bond donors (Lipinski definition) is 1. The maximum Gasteiger partial charge on any atom is 0.224 e. The summed E-state index contributed by atoms with van der Waals surface area (Å²) in [6.45, 7) is 3.80. The van der Waals surface area contributed by atoms with E-state index >= 15 is 0 Å². The molecular weight excluding hydrogens is 435 g/mol. The smallest absolute Gasteiger partial charge is 0.224 e. The maximum atomic E-state index is 12.6. The van der Waals surface area contributed by atoms with Gasteiger partial charge in [0.25, 0.3) is 0 Å². The van der Waals surface area contributed by atoms with Crippen LogP contribution in [0.4, 0.5) is 5.69 Å². The van der Waals surface area contributed by atoms with Gasteiger partial charge in [-0.05, 0) is 44.2 Å². The fourth-order valence-electron chi connectivity index (χ4n) is 3.31. The van der Waals surface area contributed by atoms with Gasteiger partial charge >= 0.3 is 0 Å². The SMILES string of the molecule is Cc1nn(-c2ccccc2)c(C)c1NC(=O)CCc1ncc(-c2ccc(Cl)cc2Cl)o1. The molecule has 0 aliphatic rings. The molecule has 4 aromatic rings. The van der Waals surface area contributed by atoms with Gasteiger partial charge in [0, 0.05) is 23.4 Å². The molecule has 4 rings (SSSR count). The van der Waals surface area contributed by atoms with Gasteiger partial charge in [0.05, 0.1) is 34.0 Å². The Kier molecular flexibility index (Phi) is 6.11. The summed E-state index contributed by atoms with van der Waals surface area (Å²) in [4.78, 5) is 16.8. The molecule has 0 saturated carbocycles. The van der Waals surface area contributed by atoms with Gasteiger partial charge < -0.3 is 9.73 Å². The number of oxazole rings is 1. The number of nitrogens with zero attached hydrogens (tertiary/aromatic N) is 3. The van der Waals surface area contributed by atoms with Gasteiger partial charge in [-0.3, -0.25) is 4.79 Å². The van der Waals surface area contributed by atoms with E-state index in [1.165, 1.54) is 0 Å². The lowest BCUT2D eigenvalue weighted by Crippen LogP contribution is -2.13. The summed E-state index contributed by atoms with van der Waals surface area (Å²) in [5, 5.41) is 8.55. The Balaban J connectivity index is 1.42. The highest BCUT2D eigenvalue weighted by Gasteiger charge is 2.16. The van der Waals surface area contributed by atoms with Gasteiger partial charge in [-0.15, -0.1) is 0 Å². The van der Waals surface area contributed by atoms with E-state index in [-0.39, 0.29) is 12.3 Å². The summed E-state index contributed by atoms with van der Waals surface area (Å²) in [5.41, 5.74) is 3.99. The number of carbonyl (C=O) groups is 1. The minimum atomic E-state index is -0.136. The third-order valence-electron chi connectivity index (χ3n) is 4.87. The van der Waals surface area contributed by atoms with Crippen molar-refractivity contribution in [3.63, 3.8) is 0 Å². The fourth-order valence-corrected chi connectivity index (χ4v) is 3.81. The molecule has 0 saturated heterocycles. The number of rotatable bonds is 6. The number of benzene rings is 2. The first-order valence-electron chi connectivity index (χ1n) is 9.74. The summed E-state index contributed by atoms with van der Waals surface area (Å²) in [5.74, 6) is 0.862. The lowest BCUT2D eigenvalue weighted by Gasteiger charge is -2.06. The Morgan fingerprint density at radius 1 is 1.13 bits per heavy atom. The summed E-state index contributed by atoms with van der Waals surface area (Å²) in [7, 11) is 0. The molecule has 1 N–H and O–H groups in total. The Bertz CT molecular complexity index is 1230. The van der Waals surface area contributed by atoms with Crippen LogP contribution >= 0.6 is 23.2 Å². The zero-order valence-corrected chi connectivity index (χ0v) is 18.5. The molecule has 0 fully saturated rings. The molecule has 2 aromatic carbocycles. The first-order chi connectivity index (χ1) is 14.9. The number of anilines is 1. The Morgan fingerprint density at radius 3 is 2.65 bits per heavy atom. The molecule has 2 heterocycles. The van der Waals surface area contributed by atoms with E-state index in [2.05, 4.69) is 15.4 Å². The van der Waals surface area contributed by atoms with E-state index in [0.717, 1.165) is 22.8 Å². The average Bonchev–Trinajstić information content (AvgIpc) is 3.33. The summed E-state index contributed by atoms with van der Waals surface area (Å²) in [6.07, 6.45) is 2.19. The van der Waals surface area contributed by atoms with Crippen molar-refractivity contribution < 1.29 is 9.21 Å². The van der Waals surface area contributed by atoms with Crippen molar-refractivity contribution in [3.05, 3.63) is 82.1 Å². The number of aromatic nitrogens is 3. The van der Waals surface area contributed by atoms with Gasteiger partial charge in [-0.2, -0.15) is 5.10 Å². The molecule has 0 aliphatic carbocycles. The Morgan fingerprint density at radius 2 is 1.90 bits per heavy atom. The fraction of sp³-hybridized carbons (Fsp3) is 0.174.